The van der Waals surface area contributed by atoms with Crippen LogP contribution in [0.4, 0.5) is 5.69 Å². The second kappa shape index (κ2) is 6.09. The summed E-state index contributed by atoms with van der Waals surface area (Å²) < 4.78 is 17.7. The number of anilines is 1. The topological polar surface area (TPSA) is 52.3 Å². The fourth-order valence-electron chi connectivity index (χ4n) is 2.01. The summed E-state index contributed by atoms with van der Waals surface area (Å²) in [4.78, 5) is 0.630. The Bertz CT molecular complexity index is 653. The molecule has 106 valence electrons. The van der Waals surface area contributed by atoms with Gasteiger partial charge < -0.3 is 10.5 Å². The monoisotopic (exact) mass is 289 g/mol. The molecule has 3 nitrogen and oxygen atoms in total. The van der Waals surface area contributed by atoms with Gasteiger partial charge in [-0.2, -0.15) is 0 Å². The van der Waals surface area contributed by atoms with Gasteiger partial charge in [0.05, 0.1) is 28.6 Å². The molecule has 2 aromatic rings. The molecule has 0 saturated heterocycles. The van der Waals surface area contributed by atoms with E-state index >= 15 is 0 Å². The van der Waals surface area contributed by atoms with E-state index in [4.69, 9.17) is 10.5 Å². The Morgan fingerprint density at radius 2 is 1.90 bits per heavy atom. The molecule has 0 amide bonds. The van der Waals surface area contributed by atoms with Gasteiger partial charge in [-0.15, -0.1) is 0 Å². The molecule has 0 radical (unpaired) electrons. The van der Waals surface area contributed by atoms with Crippen LogP contribution in [0.25, 0.3) is 0 Å². The van der Waals surface area contributed by atoms with E-state index in [2.05, 4.69) is 18.2 Å². The molecule has 20 heavy (non-hydrogen) atoms. The number of aryl methyl sites for hydroxylation is 2. The number of nitrogens with two attached hydrogens (primary N) is 1. The Kier molecular flexibility index (Phi) is 4.45. The molecule has 4 heteroatoms. The van der Waals surface area contributed by atoms with Crippen LogP contribution in [0.15, 0.2) is 41.3 Å². The Morgan fingerprint density at radius 1 is 1.15 bits per heavy atom. The molecule has 1 atom stereocenters. The molecule has 0 aromatic heterocycles. The number of hydrogen-bond donors (Lipinski definition) is 1. The van der Waals surface area contributed by atoms with Crippen molar-refractivity contribution in [1.82, 2.24) is 0 Å². The smallest absolute Gasteiger partial charge is 0.120 e. The number of nitrogen functional groups attached to an aromatic ring is 1. The van der Waals surface area contributed by atoms with Crippen LogP contribution >= 0.6 is 0 Å². The molecule has 0 heterocycles. The van der Waals surface area contributed by atoms with Crippen molar-refractivity contribution in [3.05, 3.63) is 53.1 Å². The van der Waals surface area contributed by atoms with Gasteiger partial charge in [0.2, 0.25) is 0 Å². The van der Waals surface area contributed by atoms with Crippen LogP contribution in [0.3, 0.4) is 0 Å². The summed E-state index contributed by atoms with van der Waals surface area (Å²) in [5.41, 5.74) is 9.85. The van der Waals surface area contributed by atoms with E-state index in [1.165, 1.54) is 5.56 Å². The third kappa shape index (κ3) is 3.20. The standard InChI is InChI=1S/C16H19NO2S/c1-11-4-5-12(2)13(8-11)10-20(18)16-9-14(19-3)6-7-15(16)17/h4-9H,10,17H2,1-3H3. The summed E-state index contributed by atoms with van der Waals surface area (Å²) in [6, 6.07) is 11.4. The zero-order chi connectivity index (χ0) is 14.7. The Hall–Kier alpha value is -1.81. The number of benzene rings is 2. The molecular weight excluding hydrogens is 270 g/mol. The van der Waals surface area contributed by atoms with Gasteiger partial charge in [0.15, 0.2) is 0 Å². The molecular formula is C16H19NO2S. The van der Waals surface area contributed by atoms with Crippen LogP contribution in [0.1, 0.15) is 16.7 Å². The highest BCUT2D eigenvalue weighted by Crippen LogP contribution is 2.25. The van der Waals surface area contributed by atoms with Crippen LogP contribution in [0.2, 0.25) is 0 Å². The molecule has 2 N–H and O–H groups in total. The van der Waals surface area contributed by atoms with Gasteiger partial charge in [0, 0.05) is 5.69 Å². The molecule has 0 fully saturated rings. The first-order valence-electron chi connectivity index (χ1n) is 6.39. The van der Waals surface area contributed by atoms with Crippen molar-refractivity contribution >= 4 is 16.5 Å². The molecule has 0 bridgehead atoms. The van der Waals surface area contributed by atoms with E-state index in [0.717, 1.165) is 11.1 Å². The van der Waals surface area contributed by atoms with Gasteiger partial charge >= 0.3 is 0 Å². The van der Waals surface area contributed by atoms with Crippen molar-refractivity contribution in [2.75, 3.05) is 12.8 Å². The quantitative estimate of drug-likeness (QED) is 0.879. The van der Waals surface area contributed by atoms with Crippen molar-refractivity contribution in [1.29, 1.82) is 0 Å². The fourth-order valence-corrected chi connectivity index (χ4v) is 3.34. The van der Waals surface area contributed by atoms with Crippen LogP contribution in [0.5, 0.6) is 5.75 Å². The maximum Gasteiger partial charge on any atom is 0.120 e. The Balaban J connectivity index is 2.30. The van der Waals surface area contributed by atoms with Gasteiger partial charge in [-0.05, 0) is 43.2 Å². The van der Waals surface area contributed by atoms with Crippen molar-refractivity contribution in [2.24, 2.45) is 0 Å². The minimum Gasteiger partial charge on any atom is -0.497 e. The molecule has 2 aromatic carbocycles. The number of rotatable bonds is 4. The minimum atomic E-state index is -1.18. The minimum absolute atomic E-state index is 0.463. The fraction of sp³-hybridized carbons (Fsp3) is 0.250. The molecule has 0 spiro atoms. The Morgan fingerprint density at radius 3 is 2.60 bits per heavy atom. The van der Waals surface area contributed by atoms with Crippen LogP contribution < -0.4 is 10.5 Å². The van der Waals surface area contributed by atoms with Gasteiger partial charge in [-0.1, -0.05) is 23.8 Å². The van der Waals surface area contributed by atoms with Crippen LogP contribution in [-0.2, 0) is 16.6 Å². The summed E-state index contributed by atoms with van der Waals surface area (Å²) in [7, 11) is 0.405. The third-order valence-electron chi connectivity index (χ3n) is 3.26. The van der Waals surface area contributed by atoms with Crippen molar-refractivity contribution < 1.29 is 8.95 Å². The molecule has 1 unspecified atom stereocenters. The van der Waals surface area contributed by atoms with Gasteiger partial charge in [-0.25, -0.2) is 0 Å². The van der Waals surface area contributed by atoms with Gasteiger partial charge in [0.1, 0.15) is 5.75 Å². The lowest BCUT2D eigenvalue weighted by atomic mass is 10.1. The maximum absolute atomic E-state index is 12.5. The Labute approximate surface area is 122 Å². The number of hydrogen-bond acceptors (Lipinski definition) is 3. The highest BCUT2D eigenvalue weighted by Gasteiger charge is 2.12. The number of ether oxygens (including phenoxy) is 1. The summed E-state index contributed by atoms with van der Waals surface area (Å²) in [6.45, 7) is 4.06. The maximum atomic E-state index is 12.5. The third-order valence-corrected chi connectivity index (χ3v) is 4.67. The lowest BCUT2D eigenvalue weighted by Gasteiger charge is -2.10. The van der Waals surface area contributed by atoms with Crippen LogP contribution in [-0.4, -0.2) is 11.3 Å². The van der Waals surface area contributed by atoms with E-state index in [1.807, 2.05) is 13.8 Å². The number of methoxy groups -OCH3 is 1. The molecule has 0 saturated carbocycles. The first kappa shape index (κ1) is 14.6. The van der Waals surface area contributed by atoms with Crippen molar-refractivity contribution in [3.8, 4) is 5.75 Å². The molecule has 2 rings (SSSR count). The average molecular weight is 289 g/mol. The first-order chi connectivity index (χ1) is 9.51. The summed E-state index contributed by atoms with van der Waals surface area (Å²) in [5.74, 6) is 1.13. The van der Waals surface area contributed by atoms with E-state index < -0.39 is 10.8 Å². The van der Waals surface area contributed by atoms with Gasteiger partial charge in [-0.3, -0.25) is 4.21 Å². The summed E-state index contributed by atoms with van der Waals surface area (Å²) in [5, 5.41) is 0. The second-order valence-corrected chi connectivity index (χ2v) is 6.24. The molecule has 0 aliphatic heterocycles. The first-order valence-corrected chi connectivity index (χ1v) is 7.71. The van der Waals surface area contributed by atoms with Crippen molar-refractivity contribution in [3.63, 3.8) is 0 Å². The zero-order valence-electron chi connectivity index (χ0n) is 12.0. The predicted octanol–water partition coefficient (Wildman–Crippen LogP) is 3.20. The highest BCUT2D eigenvalue weighted by molar-refractivity contribution is 7.84. The lowest BCUT2D eigenvalue weighted by Crippen LogP contribution is -2.03. The highest BCUT2D eigenvalue weighted by atomic mass is 32.2. The van der Waals surface area contributed by atoms with Gasteiger partial charge in [0.25, 0.3) is 0 Å². The van der Waals surface area contributed by atoms with Crippen molar-refractivity contribution in [2.45, 2.75) is 24.5 Å². The summed E-state index contributed by atoms with van der Waals surface area (Å²) >= 11 is 0. The molecule has 0 aliphatic rings. The molecule has 0 aliphatic carbocycles. The SMILES string of the molecule is COc1ccc(N)c(S(=O)Cc2cc(C)ccc2C)c1. The lowest BCUT2D eigenvalue weighted by molar-refractivity contribution is 0.413. The van der Waals surface area contributed by atoms with E-state index in [0.29, 0.717) is 22.1 Å². The van der Waals surface area contributed by atoms with Crippen LogP contribution in [0, 0.1) is 13.8 Å². The average Bonchev–Trinajstić information content (AvgIpc) is 2.43. The van der Waals surface area contributed by atoms with E-state index in [9.17, 15) is 4.21 Å². The largest absolute Gasteiger partial charge is 0.497 e. The van der Waals surface area contributed by atoms with E-state index in [-0.39, 0.29) is 0 Å². The van der Waals surface area contributed by atoms with E-state index in [1.54, 1.807) is 25.3 Å². The summed E-state index contributed by atoms with van der Waals surface area (Å²) in [6.07, 6.45) is 0. The predicted molar refractivity (Wildman–Crippen MR) is 83.4 cm³/mol. The zero-order valence-corrected chi connectivity index (χ0v) is 12.8. The normalized spacial score (nSPS) is 12.2. The second-order valence-electron chi connectivity index (χ2n) is 4.82.